The van der Waals surface area contributed by atoms with Gasteiger partial charge in [0.25, 0.3) is 0 Å². The van der Waals surface area contributed by atoms with Gasteiger partial charge in [0.2, 0.25) is 0 Å². The molecule has 128 valence electrons. The largest absolute Gasteiger partial charge is 0.472 e. The van der Waals surface area contributed by atoms with Crippen LogP contribution in [0.5, 0.6) is 0 Å². The fourth-order valence-electron chi connectivity index (χ4n) is 2.68. The van der Waals surface area contributed by atoms with Crippen LogP contribution >= 0.6 is 0 Å². The van der Waals surface area contributed by atoms with Crippen LogP contribution in [-0.4, -0.2) is 5.78 Å². The zero-order valence-corrected chi connectivity index (χ0v) is 14.6. The SMILES string of the molecule is C/C(=C/C(=O)/C=C(/C)CCCc1ccoc1)CCCc1ccoc1. The molecule has 0 saturated heterocycles. The fraction of sp³-hybridized carbons (Fsp3) is 0.381. The summed E-state index contributed by atoms with van der Waals surface area (Å²) < 4.78 is 10.1. The monoisotopic (exact) mass is 326 g/mol. The van der Waals surface area contributed by atoms with E-state index in [9.17, 15) is 4.79 Å². The average molecular weight is 326 g/mol. The Kier molecular flexibility index (Phi) is 7.34. The molecule has 0 unspecified atom stereocenters. The van der Waals surface area contributed by atoms with Crippen LogP contribution in [0.4, 0.5) is 0 Å². The molecule has 0 spiro atoms. The highest BCUT2D eigenvalue weighted by molar-refractivity contribution is 6.00. The summed E-state index contributed by atoms with van der Waals surface area (Å²) in [5, 5.41) is 0. The Balaban J connectivity index is 1.68. The first-order valence-electron chi connectivity index (χ1n) is 8.54. The summed E-state index contributed by atoms with van der Waals surface area (Å²) in [7, 11) is 0. The van der Waals surface area contributed by atoms with E-state index in [-0.39, 0.29) is 5.78 Å². The summed E-state index contributed by atoms with van der Waals surface area (Å²) in [6.45, 7) is 4.05. The number of carbonyl (C=O) groups is 1. The van der Waals surface area contributed by atoms with Crippen molar-refractivity contribution in [3.63, 3.8) is 0 Å². The van der Waals surface area contributed by atoms with E-state index >= 15 is 0 Å². The van der Waals surface area contributed by atoms with E-state index in [1.807, 2.05) is 26.0 Å². The molecule has 0 bridgehead atoms. The molecule has 0 aliphatic carbocycles. The molecule has 0 aromatic carbocycles. The van der Waals surface area contributed by atoms with E-state index < -0.39 is 0 Å². The summed E-state index contributed by atoms with van der Waals surface area (Å²) in [5.41, 5.74) is 4.68. The van der Waals surface area contributed by atoms with Gasteiger partial charge in [-0.25, -0.2) is 0 Å². The normalized spacial score (nSPS) is 12.6. The minimum atomic E-state index is 0.0941. The molecule has 2 aromatic rings. The third kappa shape index (κ3) is 6.86. The molecule has 3 heteroatoms. The number of allylic oxidation sites excluding steroid dienone is 4. The quantitative estimate of drug-likeness (QED) is 0.527. The molecule has 3 nitrogen and oxygen atoms in total. The van der Waals surface area contributed by atoms with Crippen LogP contribution in [0.2, 0.25) is 0 Å². The third-order valence-electron chi connectivity index (χ3n) is 4.01. The van der Waals surface area contributed by atoms with Crippen LogP contribution < -0.4 is 0 Å². The van der Waals surface area contributed by atoms with Crippen molar-refractivity contribution >= 4 is 5.78 Å². The van der Waals surface area contributed by atoms with Gasteiger partial charge in [-0.3, -0.25) is 4.79 Å². The molecule has 0 saturated carbocycles. The van der Waals surface area contributed by atoms with Crippen LogP contribution in [0.3, 0.4) is 0 Å². The highest BCUT2D eigenvalue weighted by atomic mass is 16.3. The number of ketones is 1. The van der Waals surface area contributed by atoms with Crippen LogP contribution in [0.25, 0.3) is 0 Å². The standard InChI is InChI=1S/C21H26O3/c1-17(5-3-7-19-9-11-23-15-19)13-21(22)14-18(2)6-4-8-20-10-12-24-16-20/h9-16H,3-8H2,1-2H3/b17-13-,18-14-. The Morgan fingerprint density at radius 1 is 0.875 bits per heavy atom. The molecule has 0 atom stereocenters. The van der Waals surface area contributed by atoms with E-state index in [1.165, 1.54) is 11.1 Å². The van der Waals surface area contributed by atoms with Gasteiger partial charge in [-0.05, 0) is 87.8 Å². The lowest BCUT2D eigenvalue weighted by molar-refractivity contribution is -0.110. The van der Waals surface area contributed by atoms with Crippen molar-refractivity contribution in [3.05, 3.63) is 71.6 Å². The molecular formula is C21H26O3. The second kappa shape index (κ2) is 9.76. The first-order valence-corrected chi connectivity index (χ1v) is 8.54. The number of furan rings is 2. The van der Waals surface area contributed by atoms with Crippen molar-refractivity contribution in [2.75, 3.05) is 0 Å². The Hall–Kier alpha value is -2.29. The fourth-order valence-corrected chi connectivity index (χ4v) is 2.68. The summed E-state index contributed by atoms with van der Waals surface area (Å²) in [6, 6.07) is 3.97. The van der Waals surface area contributed by atoms with Crippen molar-refractivity contribution in [1.82, 2.24) is 0 Å². The molecular weight excluding hydrogens is 300 g/mol. The number of aryl methyl sites for hydroxylation is 2. The summed E-state index contributed by atoms with van der Waals surface area (Å²) in [5.74, 6) is 0.0941. The molecule has 0 aliphatic rings. The topological polar surface area (TPSA) is 43.4 Å². The highest BCUT2D eigenvalue weighted by Gasteiger charge is 2.00. The number of carbonyl (C=O) groups excluding carboxylic acids is 1. The van der Waals surface area contributed by atoms with Gasteiger partial charge in [-0.1, -0.05) is 11.1 Å². The number of hydrogen-bond acceptors (Lipinski definition) is 3. The zero-order chi connectivity index (χ0) is 17.2. The lowest BCUT2D eigenvalue weighted by atomic mass is 10.0. The lowest BCUT2D eigenvalue weighted by Crippen LogP contribution is -1.93. The van der Waals surface area contributed by atoms with Crippen LogP contribution in [0.1, 0.15) is 50.7 Å². The first-order chi connectivity index (χ1) is 11.6. The van der Waals surface area contributed by atoms with Gasteiger partial charge < -0.3 is 8.83 Å². The molecule has 2 heterocycles. The van der Waals surface area contributed by atoms with Crippen molar-refractivity contribution in [1.29, 1.82) is 0 Å². The minimum absolute atomic E-state index is 0.0941. The highest BCUT2D eigenvalue weighted by Crippen LogP contribution is 2.12. The maximum absolute atomic E-state index is 12.1. The van der Waals surface area contributed by atoms with Crippen molar-refractivity contribution in [2.24, 2.45) is 0 Å². The maximum Gasteiger partial charge on any atom is 0.178 e. The average Bonchev–Trinajstić information content (AvgIpc) is 3.20. The molecule has 0 radical (unpaired) electrons. The Morgan fingerprint density at radius 2 is 1.33 bits per heavy atom. The van der Waals surface area contributed by atoms with Crippen LogP contribution in [0.15, 0.2) is 69.3 Å². The number of hydrogen-bond donors (Lipinski definition) is 0. The molecule has 0 amide bonds. The van der Waals surface area contributed by atoms with Gasteiger partial charge in [0.05, 0.1) is 25.1 Å². The van der Waals surface area contributed by atoms with Crippen LogP contribution in [0, 0.1) is 0 Å². The minimum Gasteiger partial charge on any atom is -0.472 e. The van der Waals surface area contributed by atoms with Gasteiger partial charge in [0.1, 0.15) is 0 Å². The predicted octanol–water partition coefficient (Wildman–Crippen LogP) is 5.68. The molecule has 24 heavy (non-hydrogen) atoms. The Labute approximate surface area is 144 Å². The molecule has 2 aromatic heterocycles. The van der Waals surface area contributed by atoms with E-state index in [1.54, 1.807) is 37.2 Å². The lowest BCUT2D eigenvalue weighted by Gasteiger charge is -2.01. The molecule has 2 rings (SSSR count). The van der Waals surface area contributed by atoms with Crippen molar-refractivity contribution in [3.8, 4) is 0 Å². The Morgan fingerprint density at radius 3 is 1.71 bits per heavy atom. The van der Waals surface area contributed by atoms with Gasteiger partial charge >= 0.3 is 0 Å². The summed E-state index contributed by atoms with van der Waals surface area (Å²) in [6.07, 6.45) is 16.4. The predicted molar refractivity (Wildman–Crippen MR) is 95.8 cm³/mol. The second-order valence-corrected chi connectivity index (χ2v) is 6.35. The van der Waals surface area contributed by atoms with Gasteiger partial charge in [-0.15, -0.1) is 0 Å². The molecule has 0 aliphatic heterocycles. The van der Waals surface area contributed by atoms with Gasteiger partial charge in [0.15, 0.2) is 5.78 Å². The molecule has 0 N–H and O–H groups in total. The number of rotatable bonds is 10. The van der Waals surface area contributed by atoms with E-state index in [2.05, 4.69) is 0 Å². The Bertz CT molecular complexity index is 600. The van der Waals surface area contributed by atoms with Gasteiger partial charge in [0, 0.05) is 0 Å². The van der Waals surface area contributed by atoms with Crippen molar-refractivity contribution in [2.45, 2.75) is 52.4 Å². The van der Waals surface area contributed by atoms with Gasteiger partial charge in [-0.2, -0.15) is 0 Å². The van der Waals surface area contributed by atoms with E-state index in [4.69, 9.17) is 8.83 Å². The first kappa shape index (κ1) is 18.1. The van der Waals surface area contributed by atoms with E-state index in [0.29, 0.717) is 0 Å². The summed E-state index contributed by atoms with van der Waals surface area (Å²) in [4.78, 5) is 12.1. The van der Waals surface area contributed by atoms with Crippen LogP contribution in [-0.2, 0) is 17.6 Å². The van der Waals surface area contributed by atoms with Crippen molar-refractivity contribution < 1.29 is 13.6 Å². The smallest absolute Gasteiger partial charge is 0.178 e. The zero-order valence-electron chi connectivity index (χ0n) is 14.6. The second-order valence-electron chi connectivity index (χ2n) is 6.35. The summed E-state index contributed by atoms with van der Waals surface area (Å²) >= 11 is 0. The maximum atomic E-state index is 12.1. The molecule has 0 fully saturated rings. The third-order valence-corrected chi connectivity index (χ3v) is 4.01. The van der Waals surface area contributed by atoms with E-state index in [0.717, 1.165) is 49.7 Å².